The minimum atomic E-state index is -3.20. The number of hydrogen-bond donors (Lipinski definition) is 1. The highest BCUT2D eigenvalue weighted by Gasteiger charge is 2.13. The Morgan fingerprint density at radius 3 is 2.77 bits per heavy atom. The van der Waals surface area contributed by atoms with Crippen molar-refractivity contribution in [1.82, 2.24) is 19.7 Å². The van der Waals surface area contributed by atoms with Gasteiger partial charge in [-0.05, 0) is 37.1 Å². The monoisotopic (exact) mass is 326 g/mol. The molecular weight excluding hydrogens is 307 g/mol. The Labute approximate surface area is 129 Å². The van der Waals surface area contributed by atoms with Crippen LogP contribution in [0.5, 0.6) is 0 Å². The van der Waals surface area contributed by atoms with Gasteiger partial charge < -0.3 is 0 Å². The van der Waals surface area contributed by atoms with Crippen LogP contribution in [0, 0.1) is 12.7 Å². The van der Waals surface area contributed by atoms with Gasteiger partial charge in [-0.25, -0.2) is 22.2 Å². The molecule has 2 rings (SSSR count). The summed E-state index contributed by atoms with van der Waals surface area (Å²) in [6.07, 6.45) is 3.35. The van der Waals surface area contributed by atoms with E-state index < -0.39 is 10.0 Å². The van der Waals surface area contributed by atoms with Crippen LogP contribution in [0.1, 0.15) is 29.8 Å². The van der Waals surface area contributed by atoms with Crippen LogP contribution in [0.3, 0.4) is 0 Å². The van der Waals surface area contributed by atoms with Crippen LogP contribution in [-0.4, -0.2) is 36.2 Å². The molecule has 0 spiro atoms. The lowest BCUT2D eigenvalue weighted by Crippen LogP contribution is -2.24. The quantitative estimate of drug-likeness (QED) is 0.871. The lowest BCUT2D eigenvalue weighted by atomic mass is 10.0. The molecule has 6 nitrogen and oxygen atoms in total. The van der Waals surface area contributed by atoms with Crippen LogP contribution in [0.25, 0.3) is 0 Å². The zero-order valence-corrected chi connectivity index (χ0v) is 13.6. The third kappa shape index (κ3) is 4.35. The van der Waals surface area contributed by atoms with Crippen molar-refractivity contribution in [3.05, 3.63) is 47.0 Å². The maximum absolute atomic E-state index is 13.2. The zero-order chi connectivity index (χ0) is 16.3. The van der Waals surface area contributed by atoms with Crippen LogP contribution in [0.4, 0.5) is 4.39 Å². The zero-order valence-electron chi connectivity index (χ0n) is 12.7. The number of benzene rings is 1. The molecule has 0 aliphatic rings. The number of sulfonamides is 1. The van der Waals surface area contributed by atoms with E-state index in [0.717, 1.165) is 17.4 Å². The molecule has 0 bridgehead atoms. The van der Waals surface area contributed by atoms with Crippen molar-refractivity contribution in [1.29, 1.82) is 0 Å². The van der Waals surface area contributed by atoms with E-state index in [4.69, 9.17) is 0 Å². The lowest BCUT2D eigenvalue weighted by molar-refractivity contribution is 0.538. The minimum absolute atomic E-state index is 0.0790. The molecule has 22 heavy (non-hydrogen) atoms. The number of nitrogens with one attached hydrogen (secondary N) is 1. The van der Waals surface area contributed by atoms with E-state index in [1.807, 2.05) is 13.8 Å². The Bertz CT molecular complexity index is 758. The smallest absolute Gasteiger partial charge is 0.208 e. The summed E-state index contributed by atoms with van der Waals surface area (Å²) in [7, 11) is -3.20. The Morgan fingerprint density at radius 1 is 1.41 bits per heavy atom. The number of rotatable bonds is 6. The fourth-order valence-corrected chi connectivity index (χ4v) is 2.70. The third-order valence-electron chi connectivity index (χ3n) is 3.38. The van der Waals surface area contributed by atoms with Gasteiger partial charge in [0.15, 0.2) is 0 Å². The van der Waals surface area contributed by atoms with Gasteiger partial charge in [0.25, 0.3) is 0 Å². The largest absolute Gasteiger partial charge is 0.245 e. The van der Waals surface area contributed by atoms with Crippen LogP contribution in [-0.2, 0) is 16.4 Å². The first-order valence-corrected chi connectivity index (χ1v) is 8.77. The number of halogens is 1. The van der Waals surface area contributed by atoms with Gasteiger partial charge in [-0.2, -0.15) is 0 Å². The van der Waals surface area contributed by atoms with Crippen molar-refractivity contribution in [2.45, 2.75) is 26.3 Å². The van der Waals surface area contributed by atoms with Gasteiger partial charge in [0.05, 0.1) is 18.0 Å². The number of aryl methyl sites for hydroxylation is 1. The second-order valence-electron chi connectivity index (χ2n) is 5.28. The number of nitrogens with zero attached hydrogens (tertiary/aromatic N) is 3. The molecule has 0 unspecified atom stereocenters. The summed E-state index contributed by atoms with van der Waals surface area (Å²) in [6, 6.07) is 4.57. The van der Waals surface area contributed by atoms with Gasteiger partial charge in [0, 0.05) is 19.2 Å². The van der Waals surface area contributed by atoms with E-state index in [-0.39, 0.29) is 18.4 Å². The SMILES string of the molecule is Cc1cc(F)ccc1[C@H](C)n1cc(CCNS(C)(=O)=O)nn1. The maximum atomic E-state index is 13.2. The molecular formula is C14H19FN4O2S. The highest BCUT2D eigenvalue weighted by Crippen LogP contribution is 2.21. The van der Waals surface area contributed by atoms with Gasteiger partial charge in [-0.1, -0.05) is 11.3 Å². The fraction of sp³-hybridized carbons (Fsp3) is 0.429. The predicted octanol–water partition coefficient (Wildman–Crippen LogP) is 1.43. The van der Waals surface area contributed by atoms with Gasteiger partial charge in [-0.3, -0.25) is 0 Å². The fourth-order valence-electron chi connectivity index (χ4n) is 2.23. The molecule has 0 aliphatic carbocycles. The molecule has 120 valence electrons. The van der Waals surface area contributed by atoms with Crippen LogP contribution in [0.2, 0.25) is 0 Å². The van der Waals surface area contributed by atoms with Crippen LogP contribution in [0.15, 0.2) is 24.4 Å². The molecule has 1 heterocycles. The summed E-state index contributed by atoms with van der Waals surface area (Å²) in [5.41, 5.74) is 2.51. The maximum Gasteiger partial charge on any atom is 0.208 e. The van der Waals surface area contributed by atoms with E-state index >= 15 is 0 Å². The number of aromatic nitrogens is 3. The predicted molar refractivity (Wildman–Crippen MR) is 81.5 cm³/mol. The topological polar surface area (TPSA) is 76.9 Å². The first-order valence-electron chi connectivity index (χ1n) is 6.87. The molecule has 0 amide bonds. The standard InChI is InChI=1S/C14H19FN4O2S/c1-10-8-12(15)4-5-14(10)11(2)19-9-13(17-18-19)6-7-16-22(3,20)21/h4-5,8-9,11,16H,6-7H2,1-3H3/t11-/m0/s1. The average molecular weight is 326 g/mol. The second kappa shape index (κ2) is 6.53. The Kier molecular flexibility index (Phi) is 4.92. The van der Waals surface area contributed by atoms with E-state index in [0.29, 0.717) is 12.1 Å². The third-order valence-corrected chi connectivity index (χ3v) is 4.11. The molecule has 1 aromatic heterocycles. The molecule has 0 aliphatic heterocycles. The molecule has 1 N–H and O–H groups in total. The summed E-state index contributed by atoms with van der Waals surface area (Å²) < 4.78 is 39.3. The molecule has 0 saturated carbocycles. The molecule has 0 radical (unpaired) electrons. The van der Waals surface area contributed by atoms with E-state index in [1.54, 1.807) is 16.9 Å². The highest BCUT2D eigenvalue weighted by molar-refractivity contribution is 7.88. The second-order valence-corrected chi connectivity index (χ2v) is 7.12. The lowest BCUT2D eigenvalue weighted by Gasteiger charge is -2.14. The first-order chi connectivity index (χ1) is 10.3. The molecule has 2 aromatic rings. The number of hydrogen-bond acceptors (Lipinski definition) is 4. The molecule has 0 saturated heterocycles. The van der Waals surface area contributed by atoms with Crippen molar-refractivity contribution >= 4 is 10.0 Å². The molecule has 1 atom stereocenters. The summed E-state index contributed by atoms with van der Waals surface area (Å²) in [5, 5.41) is 8.10. The van der Waals surface area contributed by atoms with Gasteiger partial charge in [0.1, 0.15) is 5.82 Å². The van der Waals surface area contributed by atoms with E-state index in [9.17, 15) is 12.8 Å². The first kappa shape index (κ1) is 16.6. The minimum Gasteiger partial charge on any atom is -0.245 e. The Hall–Kier alpha value is -1.80. The summed E-state index contributed by atoms with van der Waals surface area (Å²) >= 11 is 0. The summed E-state index contributed by atoms with van der Waals surface area (Å²) in [5.74, 6) is -0.264. The van der Waals surface area contributed by atoms with E-state index in [2.05, 4.69) is 15.0 Å². The highest BCUT2D eigenvalue weighted by atomic mass is 32.2. The van der Waals surface area contributed by atoms with Crippen molar-refractivity contribution in [3.8, 4) is 0 Å². The molecule has 1 aromatic carbocycles. The van der Waals surface area contributed by atoms with Crippen LogP contribution < -0.4 is 4.72 Å². The van der Waals surface area contributed by atoms with Crippen molar-refractivity contribution in [3.63, 3.8) is 0 Å². The Balaban J connectivity index is 2.07. The van der Waals surface area contributed by atoms with Gasteiger partial charge in [0.2, 0.25) is 10.0 Å². The van der Waals surface area contributed by atoms with Gasteiger partial charge in [-0.15, -0.1) is 5.10 Å². The van der Waals surface area contributed by atoms with Crippen molar-refractivity contribution in [2.75, 3.05) is 12.8 Å². The van der Waals surface area contributed by atoms with E-state index in [1.165, 1.54) is 12.1 Å². The van der Waals surface area contributed by atoms with Gasteiger partial charge >= 0.3 is 0 Å². The molecule has 8 heteroatoms. The average Bonchev–Trinajstić information content (AvgIpc) is 2.85. The van der Waals surface area contributed by atoms with Crippen LogP contribution >= 0.6 is 0 Å². The summed E-state index contributed by atoms with van der Waals surface area (Å²) in [6.45, 7) is 4.08. The Morgan fingerprint density at radius 2 is 2.14 bits per heavy atom. The van der Waals surface area contributed by atoms with Crippen molar-refractivity contribution in [2.24, 2.45) is 0 Å². The molecule has 0 fully saturated rings. The van der Waals surface area contributed by atoms with Crippen molar-refractivity contribution < 1.29 is 12.8 Å². The normalized spacial score (nSPS) is 13.3. The summed E-state index contributed by atoms with van der Waals surface area (Å²) in [4.78, 5) is 0.